The monoisotopic (exact) mass is 728 g/mol. The maximum Gasteiger partial charge on any atom is 0.136 e. The van der Waals surface area contributed by atoms with E-state index in [1.54, 1.807) is 0 Å². The first-order chi connectivity index (χ1) is 28.3. The molecule has 268 valence electrons. The summed E-state index contributed by atoms with van der Waals surface area (Å²) in [5, 5.41) is 4.78. The average Bonchev–Trinajstić information content (AvgIpc) is 3.84. The van der Waals surface area contributed by atoms with Crippen molar-refractivity contribution in [3.8, 4) is 39.1 Å². The first kappa shape index (κ1) is 32.8. The van der Waals surface area contributed by atoms with E-state index in [4.69, 9.17) is 4.42 Å². The van der Waals surface area contributed by atoms with E-state index in [0.717, 1.165) is 61.4 Å². The Bertz CT molecular complexity index is 3170. The molecule has 3 nitrogen and oxygen atoms in total. The molecule has 11 aromatic rings. The van der Waals surface area contributed by atoms with Crippen molar-refractivity contribution >= 4 is 60.8 Å². The summed E-state index contributed by atoms with van der Waals surface area (Å²) < 4.78 is 8.62. The number of nitrogens with zero attached hydrogens (tertiary/aromatic N) is 2. The number of para-hydroxylation sites is 3. The van der Waals surface area contributed by atoms with Gasteiger partial charge in [-0.3, -0.25) is 0 Å². The number of aromatic nitrogens is 1. The molecule has 11 rings (SSSR count). The number of benzene rings is 9. The zero-order chi connectivity index (χ0) is 37.7. The van der Waals surface area contributed by atoms with Gasteiger partial charge < -0.3 is 13.9 Å². The lowest BCUT2D eigenvalue weighted by molar-refractivity contribution is 0.669. The molecule has 0 atom stereocenters. The number of rotatable bonds is 7. The van der Waals surface area contributed by atoms with Crippen molar-refractivity contribution in [3.05, 3.63) is 218 Å². The summed E-state index contributed by atoms with van der Waals surface area (Å²) in [4.78, 5) is 2.36. The van der Waals surface area contributed by atoms with Crippen LogP contribution in [0.2, 0.25) is 0 Å². The van der Waals surface area contributed by atoms with E-state index in [-0.39, 0.29) is 0 Å². The van der Waals surface area contributed by atoms with Gasteiger partial charge in [0, 0.05) is 44.3 Å². The van der Waals surface area contributed by atoms with Crippen LogP contribution in [0.1, 0.15) is 0 Å². The number of hydrogen-bond acceptors (Lipinski definition) is 2. The Hall–Kier alpha value is -7.62. The van der Waals surface area contributed by atoms with Gasteiger partial charge in [0.15, 0.2) is 0 Å². The molecule has 0 unspecified atom stereocenters. The number of furan rings is 1. The van der Waals surface area contributed by atoms with E-state index in [2.05, 4.69) is 216 Å². The fourth-order valence-electron chi connectivity index (χ4n) is 8.62. The third-order valence-corrected chi connectivity index (χ3v) is 11.2. The normalized spacial score (nSPS) is 11.5. The molecule has 2 heterocycles. The Morgan fingerprint density at radius 2 is 0.842 bits per heavy atom. The van der Waals surface area contributed by atoms with Gasteiger partial charge in [0.05, 0.1) is 11.0 Å². The SMILES string of the molecule is c1ccc(-c2ccccc2-c2cccc(N(c3ccc(-c4cccc5oc6ccccc6c45)cc3)c3ccc(-n4c5ccccc5c5ccccc54)cc3)c2)cc1. The second-order valence-corrected chi connectivity index (χ2v) is 14.5. The summed E-state index contributed by atoms with van der Waals surface area (Å²) in [6, 6.07) is 78.1. The predicted molar refractivity (Wildman–Crippen MR) is 239 cm³/mol. The van der Waals surface area contributed by atoms with Crippen molar-refractivity contribution in [2.45, 2.75) is 0 Å². The molecular formula is C54H36N2O. The molecule has 0 fully saturated rings. The van der Waals surface area contributed by atoms with E-state index < -0.39 is 0 Å². The molecule has 57 heavy (non-hydrogen) atoms. The van der Waals surface area contributed by atoms with Crippen LogP contribution in [-0.4, -0.2) is 4.57 Å². The van der Waals surface area contributed by atoms with Crippen molar-refractivity contribution in [2.75, 3.05) is 4.90 Å². The van der Waals surface area contributed by atoms with Gasteiger partial charge in [-0.1, -0.05) is 146 Å². The maximum atomic E-state index is 6.25. The molecule has 0 saturated heterocycles. The van der Waals surface area contributed by atoms with Crippen molar-refractivity contribution < 1.29 is 4.42 Å². The van der Waals surface area contributed by atoms with Gasteiger partial charge in [-0.25, -0.2) is 0 Å². The van der Waals surface area contributed by atoms with E-state index >= 15 is 0 Å². The highest BCUT2D eigenvalue weighted by molar-refractivity contribution is 6.12. The van der Waals surface area contributed by atoms with E-state index in [1.807, 2.05) is 12.1 Å². The summed E-state index contributed by atoms with van der Waals surface area (Å²) in [7, 11) is 0. The molecule has 0 spiro atoms. The van der Waals surface area contributed by atoms with Crippen molar-refractivity contribution in [1.29, 1.82) is 0 Å². The quantitative estimate of drug-likeness (QED) is 0.163. The summed E-state index contributed by atoms with van der Waals surface area (Å²) in [6.45, 7) is 0. The van der Waals surface area contributed by atoms with Crippen molar-refractivity contribution in [3.63, 3.8) is 0 Å². The lowest BCUT2D eigenvalue weighted by Gasteiger charge is -2.27. The molecule has 9 aromatic carbocycles. The summed E-state index contributed by atoms with van der Waals surface area (Å²) in [5.74, 6) is 0. The lowest BCUT2D eigenvalue weighted by atomic mass is 9.94. The first-order valence-electron chi connectivity index (χ1n) is 19.4. The molecule has 0 amide bonds. The maximum absolute atomic E-state index is 6.25. The zero-order valence-electron chi connectivity index (χ0n) is 31.1. The van der Waals surface area contributed by atoms with Crippen LogP contribution in [0.25, 0.3) is 82.8 Å². The van der Waals surface area contributed by atoms with Crippen LogP contribution in [0.3, 0.4) is 0 Å². The van der Waals surface area contributed by atoms with Gasteiger partial charge in [0.2, 0.25) is 0 Å². The van der Waals surface area contributed by atoms with Crippen LogP contribution < -0.4 is 4.90 Å². The molecular weight excluding hydrogens is 693 g/mol. The molecule has 2 aromatic heterocycles. The van der Waals surface area contributed by atoms with Crippen LogP contribution in [0, 0.1) is 0 Å². The van der Waals surface area contributed by atoms with Gasteiger partial charge in [-0.2, -0.15) is 0 Å². The minimum absolute atomic E-state index is 0.898. The van der Waals surface area contributed by atoms with E-state index in [9.17, 15) is 0 Å². The Kier molecular flexibility index (Phi) is 7.82. The van der Waals surface area contributed by atoms with Crippen molar-refractivity contribution in [1.82, 2.24) is 4.57 Å². The second kappa shape index (κ2) is 13.6. The minimum atomic E-state index is 0.898. The van der Waals surface area contributed by atoms with Gasteiger partial charge in [-0.15, -0.1) is 0 Å². The highest BCUT2D eigenvalue weighted by Gasteiger charge is 2.18. The van der Waals surface area contributed by atoms with E-state index in [0.29, 0.717) is 0 Å². The van der Waals surface area contributed by atoms with E-state index in [1.165, 1.54) is 38.5 Å². The topological polar surface area (TPSA) is 21.3 Å². The Morgan fingerprint density at radius 1 is 0.333 bits per heavy atom. The molecule has 0 saturated carbocycles. The highest BCUT2D eigenvalue weighted by Crippen LogP contribution is 2.42. The van der Waals surface area contributed by atoms with Gasteiger partial charge >= 0.3 is 0 Å². The Morgan fingerprint density at radius 3 is 1.56 bits per heavy atom. The van der Waals surface area contributed by atoms with Crippen LogP contribution in [-0.2, 0) is 0 Å². The lowest BCUT2D eigenvalue weighted by Crippen LogP contribution is -2.10. The fraction of sp³-hybridized carbons (Fsp3) is 0. The summed E-state index contributed by atoms with van der Waals surface area (Å²) in [5.41, 5.74) is 15.6. The van der Waals surface area contributed by atoms with Gasteiger partial charge in [0.1, 0.15) is 11.2 Å². The highest BCUT2D eigenvalue weighted by atomic mass is 16.3. The standard InChI is InChI=1S/C54H36N2O/c1-2-14-37(15-3-1)44-18-4-5-19-45(44)39-16-12-17-43(36-39)55(40-30-28-38(29-31-40)46-23-13-27-53-54(46)49-22-8-11-26-52(49)57-53)41-32-34-42(35-33-41)56-50-24-9-6-20-47(50)48-21-7-10-25-51(48)56/h1-36H. The number of anilines is 3. The fourth-order valence-corrected chi connectivity index (χ4v) is 8.62. The first-order valence-corrected chi connectivity index (χ1v) is 19.4. The smallest absolute Gasteiger partial charge is 0.136 e. The Balaban J connectivity index is 1.05. The third-order valence-electron chi connectivity index (χ3n) is 11.2. The van der Waals surface area contributed by atoms with Crippen LogP contribution in [0.15, 0.2) is 223 Å². The molecule has 0 radical (unpaired) electrons. The number of hydrogen-bond donors (Lipinski definition) is 0. The molecule has 0 aliphatic carbocycles. The largest absolute Gasteiger partial charge is 0.456 e. The Labute approximate surface area is 330 Å². The van der Waals surface area contributed by atoms with Crippen LogP contribution in [0.4, 0.5) is 17.1 Å². The molecule has 0 aliphatic heterocycles. The van der Waals surface area contributed by atoms with Gasteiger partial charge in [-0.05, 0) is 106 Å². The summed E-state index contributed by atoms with van der Waals surface area (Å²) in [6.07, 6.45) is 0. The molecule has 0 N–H and O–H groups in total. The van der Waals surface area contributed by atoms with Gasteiger partial charge in [0.25, 0.3) is 0 Å². The minimum Gasteiger partial charge on any atom is -0.456 e. The zero-order valence-corrected chi connectivity index (χ0v) is 31.1. The second-order valence-electron chi connectivity index (χ2n) is 14.5. The summed E-state index contributed by atoms with van der Waals surface area (Å²) >= 11 is 0. The predicted octanol–water partition coefficient (Wildman–Crippen LogP) is 15.2. The number of fused-ring (bicyclic) bond motifs is 6. The molecule has 0 bridgehead atoms. The average molecular weight is 729 g/mol. The molecule has 3 heteroatoms. The van der Waals surface area contributed by atoms with Crippen LogP contribution in [0.5, 0.6) is 0 Å². The third kappa shape index (κ3) is 5.60. The van der Waals surface area contributed by atoms with Crippen LogP contribution >= 0.6 is 0 Å². The van der Waals surface area contributed by atoms with Crippen molar-refractivity contribution in [2.24, 2.45) is 0 Å². The molecule has 0 aliphatic rings.